The second kappa shape index (κ2) is 5.30. The minimum absolute atomic E-state index is 0.342. The topological polar surface area (TPSA) is 84.5 Å². The summed E-state index contributed by atoms with van der Waals surface area (Å²) in [6.45, 7) is 0. The Bertz CT molecular complexity index is 534. The third-order valence-corrected chi connectivity index (χ3v) is 3.24. The molecule has 1 aromatic carbocycles. The molecule has 0 aliphatic rings. The van der Waals surface area contributed by atoms with E-state index in [2.05, 4.69) is 4.74 Å². The maximum atomic E-state index is 13.4. The second-order valence-corrected chi connectivity index (χ2v) is 4.83. The number of hydrazine groups is 1. The van der Waals surface area contributed by atoms with Crippen molar-refractivity contribution in [1.29, 1.82) is 0 Å². The van der Waals surface area contributed by atoms with Crippen LogP contribution in [-0.2, 0) is 14.8 Å². The zero-order chi connectivity index (χ0) is 13.1. The van der Waals surface area contributed by atoms with Gasteiger partial charge >= 0.3 is 6.09 Å². The highest BCUT2D eigenvalue weighted by Crippen LogP contribution is 2.21. The molecule has 0 radical (unpaired) electrons. The zero-order valence-corrected chi connectivity index (χ0v) is 10.1. The molecule has 6 nitrogen and oxygen atoms in total. The largest absolute Gasteiger partial charge is 0.452 e. The monoisotopic (exact) mass is 282 g/mol. The predicted octanol–water partition coefficient (Wildman–Crippen LogP) is 1.03. The minimum atomic E-state index is -4.24. The van der Waals surface area contributed by atoms with E-state index >= 15 is 0 Å². The Morgan fingerprint density at radius 2 is 2.12 bits per heavy atom. The third kappa shape index (κ3) is 3.29. The first-order valence-corrected chi connectivity index (χ1v) is 6.04. The highest BCUT2D eigenvalue weighted by atomic mass is 35.5. The number of amides is 1. The first kappa shape index (κ1) is 13.7. The normalized spacial score (nSPS) is 11.0. The Labute approximate surface area is 102 Å². The average molecular weight is 283 g/mol. The smallest absolute Gasteiger partial charge is 0.422 e. The van der Waals surface area contributed by atoms with Crippen LogP contribution in [0.25, 0.3) is 0 Å². The summed E-state index contributed by atoms with van der Waals surface area (Å²) < 4.78 is 40.6. The number of hydrogen-bond donors (Lipinski definition) is 2. The van der Waals surface area contributed by atoms with E-state index in [1.54, 1.807) is 10.3 Å². The van der Waals surface area contributed by atoms with Crippen molar-refractivity contribution in [2.75, 3.05) is 7.11 Å². The Morgan fingerprint density at radius 1 is 1.47 bits per heavy atom. The van der Waals surface area contributed by atoms with E-state index in [0.29, 0.717) is 0 Å². The van der Waals surface area contributed by atoms with Crippen molar-refractivity contribution < 1.29 is 22.3 Å². The lowest BCUT2D eigenvalue weighted by molar-refractivity contribution is 0.169. The molecule has 1 rings (SSSR count). The van der Waals surface area contributed by atoms with Gasteiger partial charge in [0, 0.05) is 0 Å². The van der Waals surface area contributed by atoms with Crippen LogP contribution >= 0.6 is 11.6 Å². The fourth-order valence-corrected chi connectivity index (χ4v) is 2.07. The van der Waals surface area contributed by atoms with Crippen LogP contribution in [0.5, 0.6) is 0 Å². The molecule has 0 unspecified atom stereocenters. The molecule has 0 saturated carbocycles. The number of ether oxygens (including phenoxy) is 1. The summed E-state index contributed by atoms with van der Waals surface area (Å²) in [5.41, 5.74) is 1.71. The van der Waals surface area contributed by atoms with Crippen LogP contribution in [0, 0.1) is 5.82 Å². The Balaban J connectivity index is 2.98. The molecule has 1 amide bonds. The molecule has 0 atom stereocenters. The van der Waals surface area contributed by atoms with Gasteiger partial charge in [-0.1, -0.05) is 17.7 Å². The first-order valence-electron chi connectivity index (χ1n) is 4.18. The minimum Gasteiger partial charge on any atom is -0.452 e. The number of benzene rings is 1. The van der Waals surface area contributed by atoms with Crippen LogP contribution in [0.1, 0.15) is 0 Å². The Hall–Kier alpha value is -1.38. The number of methoxy groups -OCH3 is 1. The van der Waals surface area contributed by atoms with Gasteiger partial charge in [0.15, 0.2) is 5.82 Å². The predicted molar refractivity (Wildman–Crippen MR) is 57.3 cm³/mol. The van der Waals surface area contributed by atoms with Crippen LogP contribution in [0.2, 0.25) is 5.02 Å². The molecule has 9 heteroatoms. The summed E-state index contributed by atoms with van der Waals surface area (Å²) in [6.07, 6.45) is -1.03. The zero-order valence-electron chi connectivity index (χ0n) is 8.53. The van der Waals surface area contributed by atoms with Gasteiger partial charge in [0.2, 0.25) is 0 Å². The fourth-order valence-electron chi connectivity index (χ4n) is 0.906. The van der Waals surface area contributed by atoms with Crippen molar-refractivity contribution in [2.24, 2.45) is 0 Å². The van der Waals surface area contributed by atoms with Gasteiger partial charge in [0.05, 0.1) is 12.1 Å². The van der Waals surface area contributed by atoms with Gasteiger partial charge in [0.25, 0.3) is 10.0 Å². The molecule has 94 valence electrons. The van der Waals surface area contributed by atoms with Crippen molar-refractivity contribution in [1.82, 2.24) is 10.3 Å². The van der Waals surface area contributed by atoms with Gasteiger partial charge in [-0.25, -0.2) is 23.0 Å². The van der Waals surface area contributed by atoms with E-state index < -0.39 is 26.8 Å². The van der Waals surface area contributed by atoms with Crippen molar-refractivity contribution in [2.45, 2.75) is 4.90 Å². The maximum Gasteiger partial charge on any atom is 0.422 e. The standard InChI is InChI=1S/C8H8ClFN2O4S/c1-16-8(13)11-12-17(14,15)6-4-2-3-5(9)7(6)10/h2-4,12H,1H3,(H,11,13). The van der Waals surface area contributed by atoms with Gasteiger partial charge in [-0.05, 0) is 12.1 Å². The first-order chi connectivity index (χ1) is 7.88. The summed E-state index contributed by atoms with van der Waals surface area (Å²) >= 11 is 5.43. The molecule has 2 N–H and O–H groups in total. The molecule has 0 aromatic heterocycles. The molecular formula is C8H8ClFN2O4S. The molecule has 0 aliphatic carbocycles. The van der Waals surface area contributed by atoms with Gasteiger partial charge in [-0.2, -0.15) is 0 Å². The van der Waals surface area contributed by atoms with Crippen LogP contribution in [0.3, 0.4) is 0 Å². The van der Waals surface area contributed by atoms with Gasteiger partial charge in [-0.15, -0.1) is 4.83 Å². The second-order valence-electron chi connectivity index (χ2n) is 2.77. The van der Waals surface area contributed by atoms with E-state index in [4.69, 9.17) is 11.6 Å². The molecule has 0 bridgehead atoms. The lowest BCUT2D eigenvalue weighted by atomic mass is 10.3. The number of carbonyl (C=O) groups excluding carboxylic acids is 1. The van der Waals surface area contributed by atoms with Gasteiger partial charge in [-0.3, -0.25) is 0 Å². The molecule has 0 saturated heterocycles. The number of halogens is 2. The van der Waals surface area contributed by atoms with E-state index in [9.17, 15) is 17.6 Å². The number of sulfonamides is 1. The molecule has 0 heterocycles. The molecule has 17 heavy (non-hydrogen) atoms. The number of rotatable bonds is 3. The van der Waals surface area contributed by atoms with Crippen LogP contribution < -0.4 is 10.3 Å². The lowest BCUT2D eigenvalue weighted by Gasteiger charge is -2.08. The summed E-state index contributed by atoms with van der Waals surface area (Å²) in [7, 11) is -3.19. The molecule has 1 aromatic rings. The van der Waals surface area contributed by atoms with Crippen LogP contribution in [0.4, 0.5) is 9.18 Å². The van der Waals surface area contributed by atoms with Crippen molar-refractivity contribution >= 4 is 27.7 Å². The molecule has 0 spiro atoms. The number of nitrogens with one attached hydrogen (secondary N) is 2. The fraction of sp³-hybridized carbons (Fsp3) is 0.125. The Kier molecular flexibility index (Phi) is 4.27. The van der Waals surface area contributed by atoms with E-state index in [1.165, 1.54) is 12.1 Å². The van der Waals surface area contributed by atoms with Gasteiger partial charge < -0.3 is 4.74 Å². The highest BCUT2D eigenvalue weighted by Gasteiger charge is 2.21. The SMILES string of the molecule is COC(=O)NNS(=O)(=O)c1cccc(Cl)c1F. The van der Waals surface area contributed by atoms with E-state index in [-0.39, 0.29) is 5.02 Å². The Morgan fingerprint density at radius 3 is 2.71 bits per heavy atom. The number of carbonyl (C=O) groups is 1. The molecular weight excluding hydrogens is 275 g/mol. The van der Waals surface area contributed by atoms with Crippen molar-refractivity contribution in [3.63, 3.8) is 0 Å². The van der Waals surface area contributed by atoms with Crippen molar-refractivity contribution in [3.05, 3.63) is 29.0 Å². The van der Waals surface area contributed by atoms with E-state index in [0.717, 1.165) is 13.2 Å². The number of hydrogen-bond acceptors (Lipinski definition) is 4. The van der Waals surface area contributed by atoms with Crippen LogP contribution in [0.15, 0.2) is 23.1 Å². The maximum absolute atomic E-state index is 13.4. The van der Waals surface area contributed by atoms with Crippen LogP contribution in [-0.4, -0.2) is 21.6 Å². The summed E-state index contributed by atoms with van der Waals surface area (Å²) in [6, 6.07) is 3.46. The third-order valence-electron chi connectivity index (χ3n) is 1.68. The summed E-state index contributed by atoms with van der Waals surface area (Å²) in [5, 5.41) is -0.342. The lowest BCUT2D eigenvalue weighted by Crippen LogP contribution is -2.41. The van der Waals surface area contributed by atoms with Crippen molar-refractivity contribution in [3.8, 4) is 0 Å². The highest BCUT2D eigenvalue weighted by molar-refractivity contribution is 7.89. The average Bonchev–Trinajstić information content (AvgIpc) is 2.29. The summed E-state index contributed by atoms with van der Waals surface area (Å²) in [4.78, 5) is 11.6. The molecule has 0 fully saturated rings. The summed E-state index contributed by atoms with van der Waals surface area (Å²) in [5.74, 6) is -1.10. The van der Waals surface area contributed by atoms with Gasteiger partial charge in [0.1, 0.15) is 4.90 Å². The van der Waals surface area contributed by atoms with E-state index in [1.807, 2.05) is 0 Å². The molecule has 0 aliphatic heterocycles. The quantitative estimate of drug-likeness (QED) is 0.811.